The molecule has 1 unspecified atom stereocenters. The summed E-state index contributed by atoms with van der Waals surface area (Å²) in [7, 11) is 3.72. The summed E-state index contributed by atoms with van der Waals surface area (Å²) in [6.07, 6.45) is 2.73. The molecule has 0 radical (unpaired) electrons. The molecule has 0 aliphatic carbocycles. The van der Waals surface area contributed by atoms with Gasteiger partial charge in [0.15, 0.2) is 11.4 Å². The molecule has 2 heterocycles. The van der Waals surface area contributed by atoms with Crippen LogP contribution in [-0.2, 0) is 0 Å². The highest BCUT2D eigenvalue weighted by atomic mass is 16.4. The average molecular weight is 292 g/mol. The molecule has 0 spiro atoms. The maximum absolute atomic E-state index is 12.0. The van der Waals surface area contributed by atoms with Crippen molar-refractivity contribution in [1.29, 1.82) is 0 Å². The van der Waals surface area contributed by atoms with E-state index < -0.39 is 11.9 Å². The van der Waals surface area contributed by atoms with E-state index in [0.717, 1.165) is 0 Å². The first-order chi connectivity index (χ1) is 10.0. The Hall–Kier alpha value is -2.61. The van der Waals surface area contributed by atoms with Crippen LogP contribution >= 0.6 is 0 Å². The van der Waals surface area contributed by atoms with Gasteiger partial charge >= 0.3 is 5.97 Å². The zero-order chi connectivity index (χ0) is 15.4. The lowest BCUT2D eigenvalue weighted by molar-refractivity contribution is 0.0684. The average Bonchev–Trinajstić information content (AvgIpc) is 3.09. The molecule has 21 heavy (non-hydrogen) atoms. The number of aromatic nitrogens is 2. The quantitative estimate of drug-likeness (QED) is 0.724. The Labute approximate surface area is 120 Å². The lowest BCUT2D eigenvalue weighted by Crippen LogP contribution is -2.35. The van der Waals surface area contributed by atoms with E-state index in [1.165, 1.54) is 6.33 Å². The van der Waals surface area contributed by atoms with Crippen LogP contribution in [0.5, 0.6) is 0 Å². The van der Waals surface area contributed by atoms with Crippen molar-refractivity contribution in [2.24, 2.45) is 0 Å². The number of rotatable bonds is 6. The number of furan rings is 1. The smallest absolute Gasteiger partial charge is 0.354 e. The van der Waals surface area contributed by atoms with Gasteiger partial charge in [0.2, 0.25) is 0 Å². The van der Waals surface area contributed by atoms with Crippen molar-refractivity contribution < 1.29 is 19.1 Å². The summed E-state index contributed by atoms with van der Waals surface area (Å²) in [6, 6.07) is 3.42. The molecule has 8 nitrogen and oxygen atoms in total. The summed E-state index contributed by atoms with van der Waals surface area (Å²) in [5, 5.41) is 11.6. The van der Waals surface area contributed by atoms with Crippen LogP contribution in [0.1, 0.15) is 32.8 Å². The molecule has 2 rings (SSSR count). The third-order valence-corrected chi connectivity index (χ3v) is 3.02. The SMILES string of the molecule is CN(C)C(CNC(=O)c1nc[nH]c1C(=O)O)c1ccco1. The fourth-order valence-corrected chi connectivity index (χ4v) is 1.92. The third kappa shape index (κ3) is 3.29. The summed E-state index contributed by atoms with van der Waals surface area (Å²) in [5.41, 5.74) is -0.369. The summed E-state index contributed by atoms with van der Waals surface area (Å²) < 4.78 is 5.33. The molecule has 0 aliphatic rings. The van der Waals surface area contributed by atoms with Crippen molar-refractivity contribution in [3.8, 4) is 0 Å². The second kappa shape index (κ2) is 6.23. The van der Waals surface area contributed by atoms with E-state index in [-0.39, 0.29) is 24.0 Å². The monoisotopic (exact) mass is 292 g/mol. The number of carbonyl (C=O) groups is 2. The number of carboxylic acid groups (broad SMARTS) is 1. The predicted molar refractivity (Wildman–Crippen MR) is 73.0 cm³/mol. The number of hydrogen-bond donors (Lipinski definition) is 3. The normalized spacial score (nSPS) is 12.3. The van der Waals surface area contributed by atoms with Crippen LogP contribution in [0, 0.1) is 0 Å². The number of imidazole rings is 1. The number of nitrogens with one attached hydrogen (secondary N) is 2. The summed E-state index contributed by atoms with van der Waals surface area (Å²) in [6.45, 7) is 0.269. The number of H-pyrrole nitrogens is 1. The Balaban J connectivity index is 2.06. The fourth-order valence-electron chi connectivity index (χ4n) is 1.92. The molecular weight excluding hydrogens is 276 g/mol. The molecule has 0 bridgehead atoms. The first-order valence-corrected chi connectivity index (χ1v) is 6.25. The molecule has 1 amide bonds. The molecule has 0 aliphatic heterocycles. The topological polar surface area (TPSA) is 111 Å². The Kier molecular flexibility index (Phi) is 4.39. The molecular formula is C13H16N4O4. The van der Waals surface area contributed by atoms with E-state index in [4.69, 9.17) is 9.52 Å². The maximum atomic E-state index is 12.0. The number of carboxylic acids is 1. The highest BCUT2D eigenvalue weighted by molar-refractivity contribution is 6.02. The first-order valence-electron chi connectivity index (χ1n) is 6.25. The number of likely N-dealkylation sites (N-methyl/N-ethyl adjacent to an activating group) is 1. The van der Waals surface area contributed by atoms with E-state index in [1.807, 2.05) is 25.1 Å². The van der Waals surface area contributed by atoms with Crippen LogP contribution in [0.25, 0.3) is 0 Å². The standard InChI is InChI=1S/C13H16N4O4/c1-17(2)8(9-4-3-5-21-9)6-14-12(18)10-11(13(19)20)16-7-15-10/h3-5,7-8H,6H2,1-2H3,(H,14,18)(H,15,16)(H,19,20). The van der Waals surface area contributed by atoms with Crippen LogP contribution in [0.2, 0.25) is 0 Å². The van der Waals surface area contributed by atoms with Crippen LogP contribution < -0.4 is 5.32 Å². The largest absolute Gasteiger partial charge is 0.477 e. The lowest BCUT2D eigenvalue weighted by atomic mass is 10.2. The van der Waals surface area contributed by atoms with Crippen LogP contribution in [0.3, 0.4) is 0 Å². The van der Waals surface area contributed by atoms with Gasteiger partial charge in [0, 0.05) is 6.54 Å². The summed E-state index contributed by atoms with van der Waals surface area (Å²) >= 11 is 0. The number of carbonyl (C=O) groups excluding carboxylic acids is 1. The van der Waals surface area contributed by atoms with Crippen molar-refractivity contribution in [2.75, 3.05) is 20.6 Å². The van der Waals surface area contributed by atoms with Crippen molar-refractivity contribution >= 4 is 11.9 Å². The zero-order valence-corrected chi connectivity index (χ0v) is 11.7. The highest BCUT2D eigenvalue weighted by Gasteiger charge is 2.22. The second-order valence-corrected chi connectivity index (χ2v) is 4.64. The van der Waals surface area contributed by atoms with E-state index >= 15 is 0 Å². The van der Waals surface area contributed by atoms with E-state index in [1.54, 1.807) is 12.3 Å². The third-order valence-electron chi connectivity index (χ3n) is 3.02. The van der Waals surface area contributed by atoms with E-state index in [2.05, 4.69) is 15.3 Å². The Morgan fingerprint density at radius 2 is 2.29 bits per heavy atom. The number of aromatic carboxylic acids is 1. The van der Waals surface area contributed by atoms with Crippen molar-refractivity contribution in [2.45, 2.75) is 6.04 Å². The highest BCUT2D eigenvalue weighted by Crippen LogP contribution is 2.17. The molecule has 1 atom stereocenters. The molecule has 8 heteroatoms. The van der Waals surface area contributed by atoms with Crippen molar-refractivity contribution in [1.82, 2.24) is 20.2 Å². The van der Waals surface area contributed by atoms with Gasteiger partial charge in [-0.2, -0.15) is 0 Å². The van der Waals surface area contributed by atoms with E-state index in [9.17, 15) is 9.59 Å². The van der Waals surface area contributed by atoms with Gasteiger partial charge in [0.05, 0.1) is 18.6 Å². The molecule has 2 aromatic heterocycles. The molecule has 3 N–H and O–H groups in total. The molecule has 0 saturated carbocycles. The van der Waals surface area contributed by atoms with E-state index in [0.29, 0.717) is 5.76 Å². The van der Waals surface area contributed by atoms with Gasteiger partial charge in [0.1, 0.15) is 5.76 Å². The Morgan fingerprint density at radius 3 is 2.86 bits per heavy atom. The number of nitrogens with zero attached hydrogens (tertiary/aromatic N) is 2. The number of aromatic amines is 1. The first kappa shape index (κ1) is 14.8. The second-order valence-electron chi connectivity index (χ2n) is 4.64. The van der Waals surface area contributed by atoms with Gasteiger partial charge in [-0.15, -0.1) is 0 Å². The van der Waals surface area contributed by atoms with Gasteiger partial charge in [-0.1, -0.05) is 0 Å². The van der Waals surface area contributed by atoms with Crippen LogP contribution in [-0.4, -0.2) is 52.5 Å². The molecule has 112 valence electrons. The molecule has 0 fully saturated rings. The number of hydrogen-bond acceptors (Lipinski definition) is 5. The molecule has 2 aromatic rings. The number of amides is 1. The summed E-state index contributed by atoms with van der Waals surface area (Å²) in [5.74, 6) is -1.07. The minimum absolute atomic E-state index is 0.139. The minimum Gasteiger partial charge on any atom is -0.477 e. The lowest BCUT2D eigenvalue weighted by Gasteiger charge is -2.22. The van der Waals surface area contributed by atoms with Crippen LogP contribution in [0.15, 0.2) is 29.1 Å². The summed E-state index contributed by atoms with van der Waals surface area (Å²) in [4.78, 5) is 31.0. The van der Waals surface area contributed by atoms with Gasteiger partial charge in [0.25, 0.3) is 5.91 Å². The van der Waals surface area contributed by atoms with Gasteiger partial charge in [-0.3, -0.25) is 9.69 Å². The van der Waals surface area contributed by atoms with Gasteiger partial charge in [-0.25, -0.2) is 9.78 Å². The molecule has 0 saturated heterocycles. The maximum Gasteiger partial charge on any atom is 0.354 e. The van der Waals surface area contributed by atoms with Crippen molar-refractivity contribution in [3.05, 3.63) is 41.9 Å². The predicted octanol–water partition coefficient (Wildman–Crippen LogP) is 0.734. The van der Waals surface area contributed by atoms with Gasteiger partial charge < -0.3 is 19.8 Å². The minimum atomic E-state index is -1.23. The van der Waals surface area contributed by atoms with Crippen molar-refractivity contribution in [3.63, 3.8) is 0 Å². The molecule has 0 aromatic carbocycles. The fraction of sp³-hybridized carbons (Fsp3) is 0.308. The zero-order valence-electron chi connectivity index (χ0n) is 11.7. The Bertz CT molecular complexity index is 618. The van der Waals surface area contributed by atoms with Crippen LogP contribution in [0.4, 0.5) is 0 Å². The Morgan fingerprint density at radius 1 is 1.52 bits per heavy atom. The van der Waals surface area contributed by atoms with Gasteiger partial charge in [-0.05, 0) is 26.2 Å².